The molecule has 1 heterocycles. The van der Waals surface area contributed by atoms with Crippen LogP contribution in [0.15, 0.2) is 48.5 Å². The van der Waals surface area contributed by atoms with E-state index in [1.807, 2.05) is 24.3 Å². The second kappa shape index (κ2) is 6.88. The molecule has 3 rings (SSSR count). The van der Waals surface area contributed by atoms with Crippen molar-refractivity contribution >= 4 is 28.9 Å². The lowest BCUT2D eigenvalue weighted by Gasteiger charge is -2.36. The molecule has 2 aromatic rings. The molecule has 24 heavy (non-hydrogen) atoms. The van der Waals surface area contributed by atoms with Crippen molar-refractivity contribution in [2.45, 2.75) is 0 Å². The Hall–Kier alpha value is -2.60. The molecule has 2 aromatic carbocycles. The third-order valence-electron chi connectivity index (χ3n) is 4.07. The minimum absolute atomic E-state index is 0.138. The Labute approximate surface area is 144 Å². The van der Waals surface area contributed by atoms with Crippen molar-refractivity contribution in [3.8, 4) is 0 Å². The van der Waals surface area contributed by atoms with Gasteiger partial charge in [-0.2, -0.15) is 0 Å². The number of carbonyl (C=O) groups is 1. The van der Waals surface area contributed by atoms with Gasteiger partial charge in [-0.15, -0.1) is 0 Å². The number of piperazine rings is 1. The monoisotopic (exact) mass is 345 g/mol. The zero-order valence-corrected chi connectivity index (χ0v) is 13.6. The number of hydrogen-bond donors (Lipinski definition) is 0. The van der Waals surface area contributed by atoms with Crippen molar-refractivity contribution in [1.29, 1.82) is 0 Å². The molecule has 0 N–H and O–H groups in total. The van der Waals surface area contributed by atoms with Gasteiger partial charge in [-0.05, 0) is 24.3 Å². The van der Waals surface area contributed by atoms with E-state index in [9.17, 15) is 14.9 Å². The van der Waals surface area contributed by atoms with Crippen LogP contribution in [0.2, 0.25) is 5.02 Å². The number of anilines is 1. The molecule has 1 amide bonds. The number of nitro groups is 1. The quantitative estimate of drug-likeness (QED) is 0.633. The zero-order chi connectivity index (χ0) is 17.1. The van der Waals surface area contributed by atoms with E-state index < -0.39 is 4.92 Å². The lowest BCUT2D eigenvalue weighted by Crippen LogP contribution is -2.48. The third-order valence-corrected chi connectivity index (χ3v) is 4.31. The summed E-state index contributed by atoms with van der Waals surface area (Å²) in [6.07, 6.45) is 0. The van der Waals surface area contributed by atoms with Gasteiger partial charge in [0.05, 0.1) is 4.92 Å². The largest absolute Gasteiger partial charge is 0.368 e. The lowest BCUT2D eigenvalue weighted by molar-refractivity contribution is -0.385. The van der Waals surface area contributed by atoms with Crippen molar-refractivity contribution in [3.63, 3.8) is 0 Å². The van der Waals surface area contributed by atoms with E-state index >= 15 is 0 Å². The summed E-state index contributed by atoms with van der Waals surface area (Å²) in [5.41, 5.74) is 0.999. The predicted molar refractivity (Wildman–Crippen MR) is 92.7 cm³/mol. The molecule has 1 aliphatic heterocycles. The van der Waals surface area contributed by atoms with Gasteiger partial charge in [0.25, 0.3) is 11.6 Å². The molecule has 1 saturated heterocycles. The topological polar surface area (TPSA) is 66.7 Å². The maximum absolute atomic E-state index is 12.6. The summed E-state index contributed by atoms with van der Waals surface area (Å²) in [7, 11) is 0. The number of nitro benzene ring substituents is 1. The fourth-order valence-electron chi connectivity index (χ4n) is 2.82. The standard InChI is InChI=1S/C17H16ClN3O3/c18-13-4-3-5-14(12-13)19-8-10-20(11-9-19)17(22)15-6-1-2-7-16(15)21(23)24/h1-7,12H,8-11H2. The van der Waals surface area contributed by atoms with Gasteiger partial charge in [-0.3, -0.25) is 14.9 Å². The molecule has 0 unspecified atom stereocenters. The molecule has 1 fully saturated rings. The van der Waals surface area contributed by atoms with Crippen LogP contribution in [-0.2, 0) is 0 Å². The fourth-order valence-corrected chi connectivity index (χ4v) is 3.01. The number of carbonyl (C=O) groups excluding carboxylic acids is 1. The Morgan fingerprint density at radius 1 is 1.04 bits per heavy atom. The summed E-state index contributed by atoms with van der Waals surface area (Å²) in [6.45, 7) is 2.34. The molecule has 0 saturated carbocycles. The van der Waals surface area contributed by atoms with Gasteiger partial charge in [-0.25, -0.2) is 0 Å². The zero-order valence-electron chi connectivity index (χ0n) is 12.9. The van der Waals surface area contributed by atoms with Crippen LogP contribution in [0, 0.1) is 10.1 Å². The van der Waals surface area contributed by atoms with Gasteiger partial charge in [0, 0.05) is 43.0 Å². The van der Waals surface area contributed by atoms with Gasteiger partial charge >= 0.3 is 0 Å². The van der Waals surface area contributed by atoms with E-state index in [4.69, 9.17) is 11.6 Å². The van der Waals surface area contributed by atoms with E-state index in [1.165, 1.54) is 12.1 Å². The molecule has 0 aromatic heterocycles. The number of halogens is 1. The Balaban J connectivity index is 1.71. The van der Waals surface area contributed by atoms with Crippen molar-refractivity contribution in [1.82, 2.24) is 4.90 Å². The van der Waals surface area contributed by atoms with E-state index in [0.29, 0.717) is 31.2 Å². The Kier molecular flexibility index (Phi) is 4.66. The SMILES string of the molecule is O=C(c1ccccc1[N+](=O)[O-])N1CCN(c2cccc(Cl)c2)CC1. The molecule has 7 heteroatoms. The molecule has 1 aliphatic rings. The number of rotatable bonds is 3. The summed E-state index contributed by atoms with van der Waals surface area (Å²) >= 11 is 6.02. The highest BCUT2D eigenvalue weighted by molar-refractivity contribution is 6.30. The van der Waals surface area contributed by atoms with Crippen LogP contribution in [0.4, 0.5) is 11.4 Å². The fraction of sp³-hybridized carbons (Fsp3) is 0.235. The van der Waals surface area contributed by atoms with Crippen LogP contribution in [0.3, 0.4) is 0 Å². The average Bonchev–Trinajstić information content (AvgIpc) is 2.61. The first-order valence-electron chi connectivity index (χ1n) is 7.59. The van der Waals surface area contributed by atoms with Crippen LogP contribution < -0.4 is 4.90 Å². The van der Waals surface area contributed by atoms with Crippen LogP contribution in [0.5, 0.6) is 0 Å². The summed E-state index contributed by atoms with van der Waals surface area (Å²) < 4.78 is 0. The molecule has 124 valence electrons. The predicted octanol–water partition coefficient (Wildman–Crippen LogP) is 3.21. The first-order valence-corrected chi connectivity index (χ1v) is 7.97. The molecule has 0 bridgehead atoms. The maximum atomic E-state index is 12.6. The van der Waals surface area contributed by atoms with E-state index in [-0.39, 0.29) is 17.2 Å². The highest BCUT2D eigenvalue weighted by atomic mass is 35.5. The number of para-hydroxylation sites is 1. The normalized spacial score (nSPS) is 14.5. The first kappa shape index (κ1) is 16.3. The van der Waals surface area contributed by atoms with Gasteiger partial charge in [0.2, 0.25) is 0 Å². The van der Waals surface area contributed by atoms with E-state index in [2.05, 4.69) is 4.90 Å². The first-order chi connectivity index (χ1) is 11.6. The molecule has 6 nitrogen and oxygen atoms in total. The van der Waals surface area contributed by atoms with E-state index in [0.717, 1.165) is 5.69 Å². The minimum atomic E-state index is -0.518. The van der Waals surface area contributed by atoms with Crippen molar-refractivity contribution in [2.24, 2.45) is 0 Å². The van der Waals surface area contributed by atoms with Crippen LogP contribution in [-0.4, -0.2) is 41.9 Å². The minimum Gasteiger partial charge on any atom is -0.368 e. The number of hydrogen-bond acceptors (Lipinski definition) is 4. The smallest absolute Gasteiger partial charge is 0.282 e. The number of nitrogens with zero attached hydrogens (tertiary/aromatic N) is 3. The average molecular weight is 346 g/mol. The molecule has 0 radical (unpaired) electrons. The summed E-state index contributed by atoms with van der Waals surface area (Å²) in [5.74, 6) is -0.298. The maximum Gasteiger partial charge on any atom is 0.282 e. The molecule has 0 aliphatic carbocycles. The highest BCUT2D eigenvalue weighted by Crippen LogP contribution is 2.23. The summed E-state index contributed by atoms with van der Waals surface area (Å²) in [6, 6.07) is 13.6. The van der Waals surface area contributed by atoms with Crippen LogP contribution >= 0.6 is 11.6 Å². The second-order valence-corrected chi connectivity index (χ2v) is 5.97. The number of amides is 1. The Morgan fingerprint density at radius 3 is 2.42 bits per heavy atom. The summed E-state index contributed by atoms with van der Waals surface area (Å²) in [5, 5.41) is 11.8. The molecule has 0 atom stereocenters. The van der Waals surface area contributed by atoms with Gasteiger partial charge in [-0.1, -0.05) is 29.8 Å². The highest BCUT2D eigenvalue weighted by Gasteiger charge is 2.27. The van der Waals surface area contributed by atoms with Crippen LogP contribution in [0.1, 0.15) is 10.4 Å². The molecular weight excluding hydrogens is 330 g/mol. The molecular formula is C17H16ClN3O3. The third kappa shape index (κ3) is 3.33. The van der Waals surface area contributed by atoms with Gasteiger partial charge < -0.3 is 9.80 Å². The number of benzene rings is 2. The van der Waals surface area contributed by atoms with Crippen molar-refractivity contribution < 1.29 is 9.72 Å². The second-order valence-electron chi connectivity index (χ2n) is 5.53. The van der Waals surface area contributed by atoms with Crippen molar-refractivity contribution in [3.05, 3.63) is 69.2 Å². The van der Waals surface area contributed by atoms with Crippen LogP contribution in [0.25, 0.3) is 0 Å². The lowest BCUT2D eigenvalue weighted by atomic mass is 10.1. The van der Waals surface area contributed by atoms with Gasteiger partial charge in [0.15, 0.2) is 0 Å². The van der Waals surface area contributed by atoms with E-state index in [1.54, 1.807) is 17.0 Å². The Morgan fingerprint density at radius 2 is 1.75 bits per heavy atom. The Bertz CT molecular complexity index is 773. The van der Waals surface area contributed by atoms with Gasteiger partial charge in [0.1, 0.15) is 5.56 Å². The molecule has 0 spiro atoms. The van der Waals surface area contributed by atoms with Crippen molar-refractivity contribution in [2.75, 3.05) is 31.1 Å². The summed E-state index contributed by atoms with van der Waals surface area (Å²) in [4.78, 5) is 27.0.